The van der Waals surface area contributed by atoms with Gasteiger partial charge in [-0.25, -0.2) is 4.98 Å². The largest absolute Gasteiger partial charge is 0.431 e. The summed E-state index contributed by atoms with van der Waals surface area (Å²) in [5.74, 6) is 1.78. The predicted octanol–water partition coefficient (Wildman–Crippen LogP) is 3.68. The lowest BCUT2D eigenvalue weighted by molar-refractivity contribution is -0.0494. The van der Waals surface area contributed by atoms with Crippen molar-refractivity contribution in [3.8, 4) is 17.0 Å². The van der Waals surface area contributed by atoms with E-state index in [2.05, 4.69) is 25.4 Å². The molecular formula is C23H29F2N5O2. The van der Waals surface area contributed by atoms with E-state index in [0.29, 0.717) is 29.8 Å². The summed E-state index contributed by atoms with van der Waals surface area (Å²) in [5.41, 5.74) is 8.52. The van der Waals surface area contributed by atoms with Gasteiger partial charge in [-0.2, -0.15) is 13.9 Å². The number of nitrogen functional groups attached to an aromatic ring is 1. The van der Waals surface area contributed by atoms with Gasteiger partial charge in [0.1, 0.15) is 0 Å². The van der Waals surface area contributed by atoms with Crippen LogP contribution in [0.15, 0.2) is 18.3 Å². The Morgan fingerprint density at radius 1 is 1.09 bits per heavy atom. The van der Waals surface area contributed by atoms with Gasteiger partial charge in [0.25, 0.3) is 0 Å². The second kappa shape index (κ2) is 7.95. The summed E-state index contributed by atoms with van der Waals surface area (Å²) in [5, 5.41) is 5.04. The molecule has 1 aliphatic heterocycles. The molecule has 0 spiro atoms. The first kappa shape index (κ1) is 20.4. The van der Waals surface area contributed by atoms with Crippen LogP contribution in [0.2, 0.25) is 0 Å². The van der Waals surface area contributed by atoms with E-state index < -0.39 is 6.61 Å². The molecule has 3 heterocycles. The van der Waals surface area contributed by atoms with Gasteiger partial charge in [-0.05, 0) is 56.1 Å². The lowest BCUT2D eigenvalue weighted by Gasteiger charge is -2.33. The third kappa shape index (κ3) is 3.55. The van der Waals surface area contributed by atoms with Crippen LogP contribution < -0.4 is 10.5 Å². The van der Waals surface area contributed by atoms with Gasteiger partial charge in [0.15, 0.2) is 11.6 Å². The van der Waals surface area contributed by atoms with Gasteiger partial charge in [-0.3, -0.25) is 9.58 Å². The lowest BCUT2D eigenvalue weighted by Crippen LogP contribution is -2.43. The molecule has 4 atom stereocenters. The Hall–Kier alpha value is -2.26. The summed E-state index contributed by atoms with van der Waals surface area (Å²) >= 11 is 0. The Bertz CT molecular complexity index is 977. The predicted molar refractivity (Wildman–Crippen MR) is 115 cm³/mol. The fourth-order valence-electron chi connectivity index (χ4n) is 5.98. The SMILES string of the molecule is Nc1ncc(-c2cc([C@H]3[C@@H]4C[C@H](N5CCOCC5)C[C@@H]43)nn2C2CCC2)cc1OC(F)F. The molecule has 3 saturated carbocycles. The van der Waals surface area contributed by atoms with Crippen LogP contribution in [0.1, 0.15) is 49.8 Å². The third-order valence-corrected chi connectivity index (χ3v) is 7.89. The van der Waals surface area contributed by atoms with Crippen LogP contribution in [0.3, 0.4) is 0 Å². The summed E-state index contributed by atoms with van der Waals surface area (Å²) in [4.78, 5) is 6.70. The molecule has 0 bridgehead atoms. The maximum absolute atomic E-state index is 12.8. The zero-order valence-corrected chi connectivity index (χ0v) is 18.0. The van der Waals surface area contributed by atoms with Gasteiger partial charge in [-0.15, -0.1) is 0 Å². The molecule has 0 radical (unpaired) electrons. The molecule has 1 saturated heterocycles. The maximum Gasteiger partial charge on any atom is 0.387 e. The van der Waals surface area contributed by atoms with Crippen molar-refractivity contribution in [2.45, 2.75) is 56.7 Å². The number of aromatic nitrogens is 3. The van der Waals surface area contributed by atoms with E-state index in [9.17, 15) is 8.78 Å². The Morgan fingerprint density at radius 3 is 2.50 bits per heavy atom. The molecule has 0 amide bonds. The molecule has 0 unspecified atom stereocenters. The minimum Gasteiger partial charge on any atom is -0.431 e. The number of pyridine rings is 1. The molecule has 172 valence electrons. The fraction of sp³-hybridized carbons (Fsp3) is 0.652. The second-order valence-electron chi connectivity index (χ2n) is 9.60. The number of hydrogen-bond donors (Lipinski definition) is 1. The zero-order valence-electron chi connectivity index (χ0n) is 18.0. The van der Waals surface area contributed by atoms with Crippen LogP contribution in [-0.2, 0) is 4.74 Å². The number of nitrogens with zero attached hydrogens (tertiary/aromatic N) is 4. The van der Waals surface area contributed by atoms with Crippen LogP contribution >= 0.6 is 0 Å². The highest BCUT2D eigenvalue weighted by Crippen LogP contribution is 2.64. The lowest BCUT2D eigenvalue weighted by atomic mass is 9.93. The molecule has 0 aromatic carbocycles. The first-order valence-electron chi connectivity index (χ1n) is 11.7. The molecule has 32 heavy (non-hydrogen) atoms. The molecule has 9 heteroatoms. The molecule has 2 aromatic heterocycles. The number of ether oxygens (including phenoxy) is 2. The number of morpholine rings is 1. The van der Waals surface area contributed by atoms with Crippen LogP contribution in [-0.4, -0.2) is 58.6 Å². The second-order valence-corrected chi connectivity index (χ2v) is 9.60. The molecule has 2 aromatic rings. The summed E-state index contributed by atoms with van der Waals surface area (Å²) in [6, 6.07) is 4.74. The standard InChI is InChI=1S/C23H29F2N5O2/c24-23(25)32-20-8-13(12-27-22(20)26)19-11-18(28-30(19)14-2-1-3-14)21-16-9-15(10-17(16)21)29-4-6-31-7-5-29/h8,11-12,14-17,21,23H,1-7,9-10H2,(H2,26,27)/t15-,16+,17-,21-. The Labute approximate surface area is 185 Å². The van der Waals surface area contributed by atoms with E-state index >= 15 is 0 Å². The van der Waals surface area contributed by atoms with E-state index in [0.717, 1.165) is 56.1 Å². The van der Waals surface area contributed by atoms with Gasteiger partial charge < -0.3 is 15.2 Å². The van der Waals surface area contributed by atoms with Crippen LogP contribution in [0.5, 0.6) is 5.75 Å². The first-order valence-corrected chi connectivity index (χ1v) is 11.7. The highest BCUT2D eigenvalue weighted by Gasteiger charge is 2.58. The maximum atomic E-state index is 12.8. The average molecular weight is 446 g/mol. The van der Waals surface area contributed by atoms with E-state index in [1.807, 2.05) is 0 Å². The summed E-state index contributed by atoms with van der Waals surface area (Å²) < 4.78 is 37.7. The van der Waals surface area contributed by atoms with Gasteiger partial charge in [0, 0.05) is 36.8 Å². The number of hydrogen-bond acceptors (Lipinski definition) is 6. The van der Waals surface area contributed by atoms with Crippen molar-refractivity contribution in [1.29, 1.82) is 0 Å². The molecular weight excluding hydrogens is 416 g/mol. The summed E-state index contributed by atoms with van der Waals surface area (Å²) in [6.07, 6.45) is 7.47. The van der Waals surface area contributed by atoms with Gasteiger partial charge >= 0.3 is 6.61 Å². The number of rotatable bonds is 6. The molecule has 2 N–H and O–H groups in total. The minimum atomic E-state index is -2.94. The minimum absolute atomic E-state index is 0.0325. The fourth-order valence-corrected chi connectivity index (χ4v) is 5.98. The van der Waals surface area contributed by atoms with Crippen molar-refractivity contribution in [3.05, 3.63) is 24.0 Å². The average Bonchev–Trinajstić information content (AvgIpc) is 3.08. The normalized spacial score (nSPS) is 30.3. The molecule has 4 fully saturated rings. The van der Waals surface area contributed by atoms with E-state index in [-0.39, 0.29) is 11.6 Å². The highest BCUT2D eigenvalue weighted by atomic mass is 19.3. The van der Waals surface area contributed by atoms with Crippen molar-refractivity contribution in [2.75, 3.05) is 32.0 Å². The number of halogens is 2. The van der Waals surface area contributed by atoms with Crippen LogP contribution in [0.25, 0.3) is 11.3 Å². The topological polar surface area (TPSA) is 78.4 Å². The quantitative estimate of drug-likeness (QED) is 0.731. The summed E-state index contributed by atoms with van der Waals surface area (Å²) in [7, 11) is 0. The smallest absolute Gasteiger partial charge is 0.387 e. The van der Waals surface area contributed by atoms with Crippen LogP contribution in [0, 0.1) is 11.8 Å². The van der Waals surface area contributed by atoms with Crippen molar-refractivity contribution in [3.63, 3.8) is 0 Å². The number of anilines is 1. The summed E-state index contributed by atoms with van der Waals surface area (Å²) in [6.45, 7) is 0.839. The molecule has 7 nitrogen and oxygen atoms in total. The van der Waals surface area contributed by atoms with E-state index in [1.165, 1.54) is 19.3 Å². The number of fused-ring (bicyclic) bond motifs is 1. The van der Waals surface area contributed by atoms with Crippen molar-refractivity contribution >= 4 is 5.82 Å². The molecule has 4 aliphatic rings. The monoisotopic (exact) mass is 445 g/mol. The Kier molecular flexibility index (Phi) is 5.06. The Morgan fingerprint density at radius 2 is 1.84 bits per heavy atom. The Balaban J connectivity index is 1.24. The van der Waals surface area contributed by atoms with E-state index in [1.54, 1.807) is 12.3 Å². The molecule has 6 rings (SSSR count). The number of alkyl halides is 2. The third-order valence-electron chi connectivity index (χ3n) is 7.89. The van der Waals surface area contributed by atoms with Crippen LogP contribution in [0.4, 0.5) is 14.6 Å². The van der Waals surface area contributed by atoms with E-state index in [4.69, 9.17) is 15.6 Å². The number of nitrogens with two attached hydrogens (primary N) is 1. The van der Waals surface area contributed by atoms with Crippen molar-refractivity contribution in [2.24, 2.45) is 11.8 Å². The first-order chi connectivity index (χ1) is 15.6. The van der Waals surface area contributed by atoms with Gasteiger partial charge in [0.05, 0.1) is 30.6 Å². The van der Waals surface area contributed by atoms with Crippen molar-refractivity contribution < 1.29 is 18.3 Å². The molecule has 3 aliphatic carbocycles. The zero-order chi connectivity index (χ0) is 21.8. The van der Waals surface area contributed by atoms with Gasteiger partial charge in [0.2, 0.25) is 0 Å². The van der Waals surface area contributed by atoms with Gasteiger partial charge in [-0.1, -0.05) is 0 Å². The van der Waals surface area contributed by atoms with Crippen molar-refractivity contribution in [1.82, 2.24) is 19.7 Å². The highest BCUT2D eigenvalue weighted by molar-refractivity contribution is 5.65.